The van der Waals surface area contributed by atoms with Gasteiger partial charge < -0.3 is 5.11 Å². The second-order valence-electron chi connectivity index (χ2n) is 8.90. The first kappa shape index (κ1) is 25.7. The van der Waals surface area contributed by atoms with E-state index in [4.69, 9.17) is 0 Å². The lowest BCUT2D eigenvalue weighted by molar-refractivity contribution is -0.137. The molecule has 1 aromatic heterocycles. The summed E-state index contributed by atoms with van der Waals surface area (Å²) in [6.45, 7) is 4.59. The molecule has 0 bridgehead atoms. The molecule has 9 heteroatoms. The van der Waals surface area contributed by atoms with Crippen LogP contribution in [0.15, 0.2) is 83.9 Å². The Balaban J connectivity index is 1.91. The molecule has 0 unspecified atom stereocenters. The largest absolute Gasteiger partial charge is 0.417 e. The first-order valence-electron chi connectivity index (χ1n) is 11.2. The average Bonchev–Trinajstić information content (AvgIpc) is 3.30. The van der Waals surface area contributed by atoms with E-state index in [0.29, 0.717) is 16.8 Å². The molecular formula is C27H25F3N2O3S. The highest BCUT2D eigenvalue weighted by atomic mass is 32.2. The van der Waals surface area contributed by atoms with Crippen LogP contribution in [0.25, 0.3) is 28.2 Å². The van der Waals surface area contributed by atoms with E-state index in [2.05, 4.69) is 4.98 Å². The topological polar surface area (TPSA) is 72.2 Å². The fraction of sp³-hybridized carbons (Fsp3) is 0.222. The number of halogens is 3. The summed E-state index contributed by atoms with van der Waals surface area (Å²) in [5.41, 5.74) is -0.328. The van der Waals surface area contributed by atoms with Crippen LogP contribution in [0.1, 0.15) is 32.0 Å². The lowest BCUT2D eigenvalue weighted by Crippen LogP contribution is -2.15. The van der Waals surface area contributed by atoms with E-state index >= 15 is 0 Å². The van der Waals surface area contributed by atoms with Gasteiger partial charge in [-0.05, 0) is 55.3 Å². The van der Waals surface area contributed by atoms with Crippen molar-refractivity contribution in [3.05, 3.63) is 90.3 Å². The molecule has 0 spiro atoms. The van der Waals surface area contributed by atoms with E-state index in [-0.39, 0.29) is 27.7 Å². The summed E-state index contributed by atoms with van der Waals surface area (Å²) in [6, 6.07) is 18.7. The highest BCUT2D eigenvalue weighted by Crippen LogP contribution is 2.38. The number of alkyl halides is 3. The standard InChI is InChI=1S/C27H25F3N2O3S/c1-4-36(34,35)21-12-8-10-19(16-21)18-9-7-11-20(15-18)32-17-24(26(2,3)33)31-25(32)22-13-5-6-14-23(22)27(28,29)30/h5-17,33H,4H2,1-3H3. The number of aliphatic hydroxyl groups is 1. The molecule has 0 aliphatic carbocycles. The average molecular weight is 515 g/mol. The van der Waals surface area contributed by atoms with E-state index in [1.807, 2.05) is 0 Å². The first-order valence-corrected chi connectivity index (χ1v) is 12.9. The van der Waals surface area contributed by atoms with Crippen molar-refractivity contribution in [3.63, 3.8) is 0 Å². The SMILES string of the molecule is CCS(=O)(=O)c1cccc(-c2cccc(-n3cc(C(C)(C)O)nc3-c3ccccc3C(F)(F)F)c2)c1. The summed E-state index contributed by atoms with van der Waals surface area (Å²) in [7, 11) is -3.42. The van der Waals surface area contributed by atoms with Crippen LogP contribution in [0, 0.1) is 0 Å². The van der Waals surface area contributed by atoms with Crippen LogP contribution in [0.4, 0.5) is 13.2 Å². The number of rotatable bonds is 6. The predicted molar refractivity (Wildman–Crippen MR) is 132 cm³/mol. The van der Waals surface area contributed by atoms with Gasteiger partial charge in [-0.2, -0.15) is 13.2 Å². The van der Waals surface area contributed by atoms with Gasteiger partial charge in [0.05, 0.1) is 21.9 Å². The molecule has 0 aliphatic rings. The zero-order valence-corrected chi connectivity index (χ0v) is 20.7. The van der Waals surface area contributed by atoms with Crippen molar-refractivity contribution in [2.45, 2.75) is 37.4 Å². The minimum atomic E-state index is -4.60. The van der Waals surface area contributed by atoms with Gasteiger partial charge in [-0.1, -0.05) is 49.4 Å². The third kappa shape index (κ3) is 5.08. The van der Waals surface area contributed by atoms with E-state index < -0.39 is 27.2 Å². The number of aromatic nitrogens is 2. The zero-order valence-electron chi connectivity index (χ0n) is 19.9. The van der Waals surface area contributed by atoms with Crippen LogP contribution in [-0.2, 0) is 21.6 Å². The second-order valence-corrected chi connectivity index (χ2v) is 11.2. The molecular weight excluding hydrogens is 489 g/mol. The van der Waals surface area contributed by atoms with Gasteiger partial charge in [0.1, 0.15) is 11.4 Å². The van der Waals surface area contributed by atoms with Crippen molar-refractivity contribution in [2.24, 2.45) is 0 Å². The van der Waals surface area contributed by atoms with Crippen LogP contribution >= 0.6 is 0 Å². The molecule has 0 atom stereocenters. The molecule has 5 nitrogen and oxygen atoms in total. The Labute approximate surface area is 207 Å². The zero-order chi connectivity index (χ0) is 26.3. The summed E-state index contributed by atoms with van der Waals surface area (Å²) in [5, 5.41) is 10.6. The van der Waals surface area contributed by atoms with Crippen molar-refractivity contribution < 1.29 is 26.7 Å². The van der Waals surface area contributed by atoms with E-state index in [1.54, 1.807) is 49.4 Å². The van der Waals surface area contributed by atoms with Gasteiger partial charge in [0.15, 0.2) is 9.84 Å². The van der Waals surface area contributed by atoms with Gasteiger partial charge in [-0.15, -0.1) is 0 Å². The Morgan fingerprint density at radius 2 is 1.56 bits per heavy atom. The minimum Gasteiger partial charge on any atom is -0.384 e. The maximum absolute atomic E-state index is 13.8. The predicted octanol–water partition coefficient (Wildman–Crippen LogP) is 6.25. The molecule has 0 fully saturated rings. The molecule has 0 saturated heterocycles. The monoisotopic (exact) mass is 514 g/mol. The maximum atomic E-state index is 13.8. The summed E-state index contributed by atoms with van der Waals surface area (Å²) < 4.78 is 67.7. The summed E-state index contributed by atoms with van der Waals surface area (Å²) >= 11 is 0. The van der Waals surface area contributed by atoms with Crippen LogP contribution in [0.5, 0.6) is 0 Å². The van der Waals surface area contributed by atoms with E-state index in [0.717, 1.165) is 6.07 Å². The Bertz CT molecular complexity index is 1520. The molecule has 0 radical (unpaired) electrons. The summed E-state index contributed by atoms with van der Waals surface area (Å²) in [6.07, 6.45) is -3.09. The minimum absolute atomic E-state index is 0.0273. The van der Waals surface area contributed by atoms with Gasteiger partial charge in [0.2, 0.25) is 0 Å². The Morgan fingerprint density at radius 3 is 2.19 bits per heavy atom. The van der Waals surface area contributed by atoms with Crippen molar-refractivity contribution in [3.8, 4) is 28.2 Å². The lowest BCUT2D eigenvalue weighted by Gasteiger charge is -2.15. The molecule has 1 heterocycles. The Morgan fingerprint density at radius 1 is 0.917 bits per heavy atom. The number of imidazole rings is 1. The van der Waals surface area contributed by atoms with Crippen molar-refractivity contribution in [1.82, 2.24) is 9.55 Å². The van der Waals surface area contributed by atoms with Crippen molar-refractivity contribution >= 4 is 9.84 Å². The lowest BCUT2D eigenvalue weighted by atomic mass is 10.0. The number of sulfone groups is 1. The molecule has 0 amide bonds. The summed E-state index contributed by atoms with van der Waals surface area (Å²) in [4.78, 5) is 4.59. The molecule has 1 N–H and O–H groups in total. The van der Waals surface area contributed by atoms with Gasteiger partial charge in [0, 0.05) is 17.4 Å². The number of hydrogen-bond donors (Lipinski definition) is 1. The van der Waals surface area contributed by atoms with Gasteiger partial charge in [-0.3, -0.25) is 4.57 Å². The molecule has 0 saturated carbocycles. The molecule has 3 aromatic carbocycles. The fourth-order valence-electron chi connectivity index (χ4n) is 3.86. The molecule has 188 valence electrons. The van der Waals surface area contributed by atoms with Crippen molar-refractivity contribution in [2.75, 3.05) is 5.75 Å². The van der Waals surface area contributed by atoms with E-state index in [1.165, 1.54) is 48.9 Å². The maximum Gasteiger partial charge on any atom is 0.417 e. The Hall–Kier alpha value is -3.43. The second kappa shape index (κ2) is 9.22. The van der Waals surface area contributed by atoms with Crippen LogP contribution < -0.4 is 0 Å². The van der Waals surface area contributed by atoms with Gasteiger partial charge >= 0.3 is 6.18 Å². The quantitative estimate of drug-likeness (QED) is 0.330. The van der Waals surface area contributed by atoms with Crippen LogP contribution in [0.2, 0.25) is 0 Å². The van der Waals surface area contributed by atoms with Crippen LogP contribution in [0.3, 0.4) is 0 Å². The number of hydrogen-bond acceptors (Lipinski definition) is 4. The molecule has 0 aliphatic heterocycles. The third-order valence-electron chi connectivity index (χ3n) is 5.84. The van der Waals surface area contributed by atoms with Gasteiger partial charge in [0.25, 0.3) is 0 Å². The fourth-order valence-corrected chi connectivity index (χ4v) is 4.78. The van der Waals surface area contributed by atoms with Crippen molar-refractivity contribution in [1.29, 1.82) is 0 Å². The first-order chi connectivity index (χ1) is 16.8. The Kier molecular flexibility index (Phi) is 6.57. The number of nitrogens with zero attached hydrogens (tertiary/aromatic N) is 2. The third-order valence-corrected chi connectivity index (χ3v) is 7.57. The molecule has 36 heavy (non-hydrogen) atoms. The van der Waals surface area contributed by atoms with E-state index in [9.17, 15) is 26.7 Å². The van der Waals surface area contributed by atoms with Gasteiger partial charge in [-0.25, -0.2) is 13.4 Å². The van der Waals surface area contributed by atoms with Crippen LogP contribution in [-0.4, -0.2) is 28.8 Å². The summed E-state index contributed by atoms with van der Waals surface area (Å²) in [5.74, 6) is -0.00717. The highest BCUT2D eigenvalue weighted by molar-refractivity contribution is 7.91. The smallest absolute Gasteiger partial charge is 0.384 e. The molecule has 4 aromatic rings. The normalized spacial score (nSPS) is 12.6. The number of benzene rings is 3. The molecule has 4 rings (SSSR count). The highest BCUT2D eigenvalue weighted by Gasteiger charge is 2.35.